The first-order chi connectivity index (χ1) is 5.68. The van der Waals surface area contributed by atoms with Crippen LogP contribution in [0.4, 0.5) is 0 Å². The van der Waals surface area contributed by atoms with Gasteiger partial charge in [0.2, 0.25) is 5.62 Å². The molecule has 70 valence electrons. The van der Waals surface area contributed by atoms with Crippen molar-refractivity contribution in [3.05, 3.63) is 12.3 Å². The Morgan fingerprint density at radius 3 is 2.75 bits per heavy atom. The molecule has 1 atom stereocenters. The van der Waals surface area contributed by atoms with Gasteiger partial charge in [0.15, 0.2) is 0 Å². The number of hydrogen-bond acceptors (Lipinski definition) is 4. The van der Waals surface area contributed by atoms with Crippen LogP contribution >= 0.6 is 17.0 Å². The third kappa shape index (κ3) is 4.93. The minimum atomic E-state index is -1.90. The summed E-state index contributed by atoms with van der Waals surface area (Å²) in [6.07, 6.45) is 7.01. The molecule has 0 aliphatic heterocycles. The molecule has 0 aromatic carbocycles. The van der Waals surface area contributed by atoms with Crippen molar-refractivity contribution in [2.75, 3.05) is 13.4 Å². The Morgan fingerprint density at radius 2 is 2.33 bits per heavy atom. The summed E-state index contributed by atoms with van der Waals surface area (Å²) < 4.78 is 5.13. The third-order valence-corrected chi connectivity index (χ3v) is 6.71. The molecule has 0 bridgehead atoms. The Kier molecular flexibility index (Phi) is 6.76. The second-order valence-corrected chi connectivity index (χ2v) is 8.61. The fourth-order valence-corrected chi connectivity index (χ4v) is 2.03. The molecule has 0 amide bonds. The molecule has 3 nitrogen and oxygen atoms in total. The van der Waals surface area contributed by atoms with Crippen molar-refractivity contribution in [1.29, 1.82) is 0 Å². The zero-order valence-corrected chi connectivity index (χ0v) is 9.88. The molecule has 6 heteroatoms. The SMILES string of the molecule is C/C=C\N=C\NP(=S)(OC)SC. The largest absolute Gasteiger partial charge is 0.330 e. The summed E-state index contributed by atoms with van der Waals surface area (Å²) in [5.41, 5.74) is -1.90. The summed E-state index contributed by atoms with van der Waals surface area (Å²) in [5, 5.41) is 2.95. The van der Waals surface area contributed by atoms with Gasteiger partial charge in [0.1, 0.15) is 0 Å². The van der Waals surface area contributed by atoms with Crippen LogP contribution in [0.15, 0.2) is 17.3 Å². The number of aliphatic imine (C=N–C) groups is 1. The smallest absolute Gasteiger partial charge is 0.210 e. The molecule has 1 N–H and O–H groups in total. The number of hydrogen-bond donors (Lipinski definition) is 1. The van der Waals surface area contributed by atoms with Crippen molar-refractivity contribution >= 4 is 35.1 Å². The molecule has 0 aromatic rings. The second-order valence-electron chi connectivity index (χ2n) is 1.75. The van der Waals surface area contributed by atoms with E-state index in [0.717, 1.165) is 0 Å². The maximum absolute atomic E-state index is 5.18. The summed E-state index contributed by atoms with van der Waals surface area (Å²) in [7, 11) is 1.60. The predicted octanol–water partition coefficient (Wildman–Crippen LogP) is 2.37. The van der Waals surface area contributed by atoms with Crippen LogP contribution in [0.2, 0.25) is 0 Å². The summed E-state index contributed by atoms with van der Waals surface area (Å²) >= 11 is 6.69. The van der Waals surface area contributed by atoms with E-state index in [-0.39, 0.29) is 0 Å². The monoisotopic (exact) mass is 224 g/mol. The highest BCUT2D eigenvalue weighted by Gasteiger charge is 2.10. The van der Waals surface area contributed by atoms with E-state index in [2.05, 4.69) is 10.1 Å². The second kappa shape index (κ2) is 6.66. The van der Waals surface area contributed by atoms with Crippen LogP contribution < -0.4 is 5.09 Å². The molecule has 1 unspecified atom stereocenters. The van der Waals surface area contributed by atoms with Crippen molar-refractivity contribution in [2.24, 2.45) is 4.99 Å². The van der Waals surface area contributed by atoms with Gasteiger partial charge in [-0.05, 0) is 25.0 Å². The lowest BCUT2D eigenvalue weighted by atomic mass is 10.7. The van der Waals surface area contributed by atoms with Crippen LogP contribution in [0.3, 0.4) is 0 Å². The first-order valence-corrected chi connectivity index (χ1v) is 7.85. The zero-order chi connectivity index (χ0) is 9.45. The maximum atomic E-state index is 5.18. The Morgan fingerprint density at radius 1 is 1.67 bits per heavy atom. The molecular formula is C6H13N2OPS2. The molecular weight excluding hydrogens is 211 g/mol. The van der Waals surface area contributed by atoms with E-state index < -0.39 is 5.62 Å². The average molecular weight is 224 g/mol. The van der Waals surface area contributed by atoms with Gasteiger partial charge in [0.25, 0.3) is 0 Å². The van der Waals surface area contributed by atoms with Gasteiger partial charge in [-0.3, -0.25) is 0 Å². The molecule has 0 aliphatic carbocycles. The zero-order valence-electron chi connectivity index (χ0n) is 7.35. The molecule has 0 spiro atoms. The third-order valence-electron chi connectivity index (χ3n) is 1.01. The highest BCUT2D eigenvalue weighted by atomic mass is 32.9. The summed E-state index contributed by atoms with van der Waals surface area (Å²) in [5.74, 6) is 0. The first-order valence-electron chi connectivity index (χ1n) is 3.30. The van der Waals surface area contributed by atoms with Crippen LogP contribution in [-0.4, -0.2) is 19.7 Å². The van der Waals surface area contributed by atoms with Crippen molar-refractivity contribution in [2.45, 2.75) is 6.92 Å². The van der Waals surface area contributed by atoms with Crippen LogP contribution in [-0.2, 0) is 16.3 Å². The maximum Gasteiger partial charge on any atom is 0.210 e. The van der Waals surface area contributed by atoms with E-state index in [1.54, 1.807) is 19.6 Å². The quantitative estimate of drug-likeness (QED) is 0.441. The Hall–Kier alpha value is 0.170. The van der Waals surface area contributed by atoms with Gasteiger partial charge in [0.05, 0.1) is 6.34 Å². The van der Waals surface area contributed by atoms with Gasteiger partial charge in [0, 0.05) is 13.3 Å². The predicted molar refractivity (Wildman–Crippen MR) is 61.3 cm³/mol. The number of allylic oxidation sites excluding steroid dienone is 1. The summed E-state index contributed by atoms with van der Waals surface area (Å²) in [6, 6.07) is 0. The minimum Gasteiger partial charge on any atom is -0.330 e. The Balaban J connectivity index is 3.97. The Bertz CT molecular complexity index is 210. The van der Waals surface area contributed by atoms with E-state index in [9.17, 15) is 0 Å². The van der Waals surface area contributed by atoms with E-state index in [1.165, 1.54) is 11.4 Å². The molecule has 0 saturated heterocycles. The molecule has 0 radical (unpaired) electrons. The summed E-state index contributed by atoms with van der Waals surface area (Å²) in [4.78, 5) is 3.92. The normalized spacial score (nSPS) is 16.9. The topological polar surface area (TPSA) is 33.6 Å². The standard InChI is InChI=1S/C6H13N2OPS2/c1-4-5-7-6-8-10(11,9-2)12-3/h4-6H,1-3H3,(H,7,8,11)/b5-4-. The first kappa shape index (κ1) is 12.2. The van der Waals surface area contributed by atoms with Crippen LogP contribution in [0, 0.1) is 0 Å². The number of nitrogens with zero attached hydrogens (tertiary/aromatic N) is 1. The molecule has 0 rings (SSSR count). The van der Waals surface area contributed by atoms with Gasteiger partial charge in [-0.1, -0.05) is 17.5 Å². The van der Waals surface area contributed by atoms with Crippen molar-refractivity contribution in [3.8, 4) is 0 Å². The van der Waals surface area contributed by atoms with Gasteiger partial charge in [-0.25, -0.2) is 4.99 Å². The van der Waals surface area contributed by atoms with E-state index in [4.69, 9.17) is 16.3 Å². The molecule has 0 aliphatic rings. The van der Waals surface area contributed by atoms with Gasteiger partial charge in [-0.15, -0.1) is 0 Å². The van der Waals surface area contributed by atoms with E-state index in [0.29, 0.717) is 0 Å². The molecule has 12 heavy (non-hydrogen) atoms. The average Bonchev–Trinajstić information content (AvgIpc) is 2.12. The number of nitrogens with one attached hydrogen (secondary N) is 1. The fraction of sp³-hybridized carbons (Fsp3) is 0.500. The van der Waals surface area contributed by atoms with Gasteiger partial charge >= 0.3 is 0 Å². The molecule has 0 aromatic heterocycles. The van der Waals surface area contributed by atoms with Crippen LogP contribution in [0.25, 0.3) is 0 Å². The van der Waals surface area contributed by atoms with E-state index >= 15 is 0 Å². The van der Waals surface area contributed by atoms with Gasteiger partial charge < -0.3 is 9.61 Å². The summed E-state index contributed by atoms with van der Waals surface area (Å²) in [6.45, 7) is 1.90. The van der Waals surface area contributed by atoms with Crippen molar-refractivity contribution < 1.29 is 4.52 Å². The van der Waals surface area contributed by atoms with Gasteiger partial charge in [-0.2, -0.15) is 0 Å². The Labute approximate surface area is 82.6 Å². The minimum absolute atomic E-state index is 1.51. The number of rotatable bonds is 5. The highest BCUT2D eigenvalue weighted by molar-refractivity contribution is 8.68. The molecule has 0 heterocycles. The van der Waals surface area contributed by atoms with Crippen molar-refractivity contribution in [1.82, 2.24) is 5.09 Å². The molecule has 0 fully saturated rings. The lowest BCUT2D eigenvalue weighted by molar-refractivity contribution is 0.468. The van der Waals surface area contributed by atoms with Crippen molar-refractivity contribution in [3.63, 3.8) is 0 Å². The van der Waals surface area contributed by atoms with E-state index in [1.807, 2.05) is 19.3 Å². The van der Waals surface area contributed by atoms with Crippen LogP contribution in [0.1, 0.15) is 6.92 Å². The highest BCUT2D eigenvalue weighted by Crippen LogP contribution is 2.53. The molecule has 0 saturated carbocycles. The fourth-order valence-electron chi connectivity index (χ4n) is 0.413. The lowest BCUT2D eigenvalue weighted by Gasteiger charge is -2.15. The lowest BCUT2D eigenvalue weighted by Crippen LogP contribution is -2.05. The van der Waals surface area contributed by atoms with Crippen LogP contribution in [0.5, 0.6) is 0 Å².